The molecule has 0 amide bonds. The summed E-state index contributed by atoms with van der Waals surface area (Å²) >= 11 is 3.12. The fourth-order valence-electron chi connectivity index (χ4n) is 2.08. The molecule has 2 aromatic carbocycles. The lowest BCUT2D eigenvalue weighted by Crippen LogP contribution is -1.87. The van der Waals surface area contributed by atoms with E-state index in [0.29, 0.717) is 0 Å². The Labute approximate surface area is 128 Å². The van der Waals surface area contributed by atoms with Crippen molar-refractivity contribution < 1.29 is 0 Å². The maximum atomic E-state index is 5.79. The van der Waals surface area contributed by atoms with E-state index in [1.807, 2.05) is 36.4 Å². The summed E-state index contributed by atoms with van der Waals surface area (Å²) in [5.74, 6) is 0. The monoisotopic (exact) mass is 313 g/mol. The van der Waals surface area contributed by atoms with Crippen LogP contribution in [0.1, 0.15) is 0 Å². The van der Waals surface area contributed by atoms with Crippen LogP contribution in [-0.4, -0.2) is 9.97 Å². The molecule has 5 N–H and O–H groups in total. The van der Waals surface area contributed by atoms with Gasteiger partial charge in [0.05, 0.1) is 20.4 Å². The van der Waals surface area contributed by atoms with Gasteiger partial charge in [-0.2, -0.15) is 0 Å². The van der Waals surface area contributed by atoms with Gasteiger partial charge in [0.25, 0.3) is 0 Å². The molecule has 2 heterocycles. The van der Waals surface area contributed by atoms with Gasteiger partial charge in [0.15, 0.2) is 10.3 Å². The minimum atomic E-state index is 0.744. The van der Waals surface area contributed by atoms with Crippen LogP contribution in [0.2, 0.25) is 0 Å². The third-order valence-electron chi connectivity index (χ3n) is 3.04. The number of fused-ring (bicyclic) bond motifs is 2. The van der Waals surface area contributed by atoms with Gasteiger partial charge in [-0.25, -0.2) is 9.97 Å². The summed E-state index contributed by atoms with van der Waals surface area (Å²) in [5.41, 5.74) is 14.9. The third-order valence-corrected chi connectivity index (χ3v) is 4.91. The lowest BCUT2D eigenvalue weighted by Gasteiger charge is -1.93. The van der Waals surface area contributed by atoms with Crippen LogP contribution in [0, 0.1) is 0 Å². The number of hydrogen-bond donors (Lipinski definition) is 3. The molecular weight excluding hydrogens is 302 g/mol. The Hall–Kier alpha value is -2.38. The minimum Gasteiger partial charge on any atom is -0.399 e. The Balaban J connectivity index is 1.71. The van der Waals surface area contributed by atoms with Crippen molar-refractivity contribution in [3.63, 3.8) is 0 Å². The molecule has 4 aromatic rings. The number of rotatable bonds is 2. The number of thiazole rings is 2. The van der Waals surface area contributed by atoms with Gasteiger partial charge in [0, 0.05) is 11.4 Å². The Kier molecular flexibility index (Phi) is 2.69. The smallest absolute Gasteiger partial charge is 0.190 e. The first-order valence-corrected chi connectivity index (χ1v) is 7.90. The first kappa shape index (κ1) is 12.4. The van der Waals surface area contributed by atoms with Crippen molar-refractivity contribution in [1.82, 2.24) is 9.97 Å². The lowest BCUT2D eigenvalue weighted by molar-refractivity contribution is 1.40. The molecule has 0 fully saturated rings. The second-order valence-electron chi connectivity index (χ2n) is 4.62. The van der Waals surface area contributed by atoms with Crippen LogP contribution < -0.4 is 16.8 Å². The molecule has 0 aliphatic carbocycles. The van der Waals surface area contributed by atoms with Gasteiger partial charge < -0.3 is 16.8 Å². The maximum Gasteiger partial charge on any atom is 0.190 e. The molecule has 2 aromatic heterocycles. The molecule has 21 heavy (non-hydrogen) atoms. The van der Waals surface area contributed by atoms with Crippen LogP contribution in [0.4, 0.5) is 21.6 Å². The third kappa shape index (κ3) is 2.26. The molecule has 0 bridgehead atoms. The molecule has 4 rings (SSSR count). The largest absolute Gasteiger partial charge is 0.399 e. The van der Waals surface area contributed by atoms with E-state index in [2.05, 4.69) is 15.3 Å². The number of nitrogens with zero attached hydrogens (tertiary/aromatic N) is 2. The van der Waals surface area contributed by atoms with Gasteiger partial charge in [-0.3, -0.25) is 0 Å². The Morgan fingerprint density at radius 3 is 1.71 bits per heavy atom. The lowest BCUT2D eigenvalue weighted by atomic mass is 10.3. The topological polar surface area (TPSA) is 89.8 Å². The van der Waals surface area contributed by atoms with Gasteiger partial charge in [-0.05, 0) is 36.4 Å². The maximum absolute atomic E-state index is 5.79. The van der Waals surface area contributed by atoms with Crippen molar-refractivity contribution in [2.45, 2.75) is 0 Å². The summed E-state index contributed by atoms with van der Waals surface area (Å²) in [7, 11) is 0. The second-order valence-corrected chi connectivity index (χ2v) is 6.68. The number of benzene rings is 2. The molecule has 0 saturated carbocycles. The summed E-state index contributed by atoms with van der Waals surface area (Å²) < 4.78 is 2.12. The number of nitrogen functional groups attached to an aromatic ring is 2. The van der Waals surface area contributed by atoms with Gasteiger partial charge in [-0.1, -0.05) is 22.7 Å². The first-order chi connectivity index (χ1) is 10.2. The van der Waals surface area contributed by atoms with E-state index in [0.717, 1.165) is 42.1 Å². The normalized spacial score (nSPS) is 11.2. The van der Waals surface area contributed by atoms with Gasteiger partial charge in [0.2, 0.25) is 0 Å². The van der Waals surface area contributed by atoms with Crippen LogP contribution in [0.3, 0.4) is 0 Å². The van der Waals surface area contributed by atoms with E-state index < -0.39 is 0 Å². The molecule has 104 valence electrons. The van der Waals surface area contributed by atoms with E-state index in [1.54, 1.807) is 22.7 Å². The predicted octanol–water partition coefficient (Wildman–Crippen LogP) is 3.81. The molecule has 7 heteroatoms. The van der Waals surface area contributed by atoms with E-state index in [4.69, 9.17) is 11.5 Å². The standard InChI is InChI=1S/C14H11N5S2/c15-7-1-3-9-11(5-7)20-13(17-9)19-14-18-10-4-2-8(16)6-12(10)21-14/h1-6H,15-16H2,(H,17,18,19). The van der Waals surface area contributed by atoms with Crippen molar-refractivity contribution in [1.29, 1.82) is 0 Å². The summed E-state index contributed by atoms with van der Waals surface area (Å²) in [5, 5.41) is 4.87. The quantitative estimate of drug-likeness (QED) is 0.490. The molecule has 5 nitrogen and oxygen atoms in total. The predicted molar refractivity (Wildman–Crippen MR) is 91.3 cm³/mol. The van der Waals surface area contributed by atoms with E-state index in [1.165, 1.54) is 0 Å². The Bertz CT molecular complexity index is 878. The van der Waals surface area contributed by atoms with Crippen molar-refractivity contribution >= 4 is 64.7 Å². The van der Waals surface area contributed by atoms with Crippen LogP contribution in [0.15, 0.2) is 36.4 Å². The van der Waals surface area contributed by atoms with Crippen molar-refractivity contribution in [2.75, 3.05) is 16.8 Å². The molecule has 0 radical (unpaired) electrons. The number of aromatic nitrogens is 2. The zero-order valence-electron chi connectivity index (χ0n) is 10.8. The van der Waals surface area contributed by atoms with Gasteiger partial charge in [0.1, 0.15) is 0 Å². The fraction of sp³-hybridized carbons (Fsp3) is 0. The summed E-state index contributed by atoms with van der Waals surface area (Å²) in [4.78, 5) is 9.06. The number of nitrogens with two attached hydrogens (primary N) is 2. The molecule has 0 atom stereocenters. The van der Waals surface area contributed by atoms with Crippen LogP contribution >= 0.6 is 22.7 Å². The van der Waals surface area contributed by atoms with Crippen LogP contribution in [0.25, 0.3) is 20.4 Å². The zero-order valence-corrected chi connectivity index (χ0v) is 12.5. The average molecular weight is 313 g/mol. The molecule has 0 spiro atoms. The second kappa shape index (κ2) is 4.57. The minimum absolute atomic E-state index is 0.744. The highest BCUT2D eigenvalue weighted by molar-refractivity contribution is 7.24. The Morgan fingerprint density at radius 2 is 1.24 bits per heavy atom. The van der Waals surface area contributed by atoms with E-state index in [9.17, 15) is 0 Å². The molecule has 0 aliphatic rings. The van der Waals surface area contributed by atoms with Gasteiger partial charge >= 0.3 is 0 Å². The van der Waals surface area contributed by atoms with E-state index in [-0.39, 0.29) is 0 Å². The highest BCUT2D eigenvalue weighted by Gasteiger charge is 2.08. The average Bonchev–Trinajstić information content (AvgIpc) is 3.00. The zero-order chi connectivity index (χ0) is 14.4. The molecule has 0 unspecified atom stereocenters. The SMILES string of the molecule is Nc1ccc2nc(Nc3nc4ccc(N)cc4s3)sc2c1. The summed E-state index contributed by atoms with van der Waals surface area (Å²) in [6.07, 6.45) is 0. The van der Waals surface area contributed by atoms with Crippen molar-refractivity contribution in [2.24, 2.45) is 0 Å². The summed E-state index contributed by atoms with van der Waals surface area (Å²) in [6.45, 7) is 0. The van der Waals surface area contributed by atoms with Crippen molar-refractivity contribution in [3.05, 3.63) is 36.4 Å². The molecule has 0 aliphatic heterocycles. The molecular formula is C14H11N5S2. The number of hydrogen-bond acceptors (Lipinski definition) is 7. The highest BCUT2D eigenvalue weighted by atomic mass is 32.1. The molecule has 0 saturated heterocycles. The van der Waals surface area contributed by atoms with Crippen molar-refractivity contribution in [3.8, 4) is 0 Å². The van der Waals surface area contributed by atoms with Crippen LogP contribution in [-0.2, 0) is 0 Å². The van der Waals surface area contributed by atoms with E-state index >= 15 is 0 Å². The first-order valence-electron chi connectivity index (χ1n) is 6.26. The summed E-state index contributed by atoms with van der Waals surface area (Å²) in [6, 6.07) is 11.4. The van der Waals surface area contributed by atoms with Crippen LogP contribution in [0.5, 0.6) is 0 Å². The highest BCUT2D eigenvalue weighted by Crippen LogP contribution is 2.33. The number of nitrogens with one attached hydrogen (secondary N) is 1. The number of anilines is 4. The van der Waals surface area contributed by atoms with Gasteiger partial charge in [-0.15, -0.1) is 0 Å². The fourth-order valence-corrected chi connectivity index (χ4v) is 3.97. The Morgan fingerprint density at radius 1 is 0.762 bits per heavy atom.